The fourth-order valence-corrected chi connectivity index (χ4v) is 2.87. The molecule has 0 saturated heterocycles. The van der Waals surface area contributed by atoms with Gasteiger partial charge in [0, 0.05) is 37.7 Å². The van der Waals surface area contributed by atoms with Gasteiger partial charge in [-0.05, 0) is 41.0 Å². The molecule has 140 valence electrons. The van der Waals surface area contributed by atoms with Crippen molar-refractivity contribution in [1.29, 1.82) is 0 Å². The summed E-state index contributed by atoms with van der Waals surface area (Å²) in [5.74, 6) is -0.509. The van der Waals surface area contributed by atoms with E-state index >= 15 is 0 Å². The molecule has 0 aliphatic rings. The number of pyridine rings is 1. The van der Waals surface area contributed by atoms with Gasteiger partial charge in [-0.25, -0.2) is 4.39 Å². The van der Waals surface area contributed by atoms with Crippen LogP contribution in [0.25, 0.3) is 22.4 Å². The van der Waals surface area contributed by atoms with Crippen molar-refractivity contribution in [2.75, 3.05) is 0 Å². The van der Waals surface area contributed by atoms with Crippen LogP contribution < -0.4 is 5.32 Å². The van der Waals surface area contributed by atoms with Gasteiger partial charge in [-0.2, -0.15) is 5.10 Å². The summed E-state index contributed by atoms with van der Waals surface area (Å²) in [6, 6.07) is 11.7. The molecule has 1 amide bonds. The molecule has 0 aliphatic carbocycles. The number of nitrogens with one attached hydrogen (secondary N) is 2. The van der Waals surface area contributed by atoms with Gasteiger partial charge in [-0.1, -0.05) is 18.2 Å². The molecule has 0 atom stereocenters. The van der Waals surface area contributed by atoms with E-state index in [1.807, 2.05) is 25.4 Å². The second-order valence-electron chi connectivity index (χ2n) is 6.45. The van der Waals surface area contributed by atoms with Gasteiger partial charge in [0.25, 0.3) is 5.91 Å². The van der Waals surface area contributed by atoms with Crippen molar-refractivity contribution in [1.82, 2.24) is 25.1 Å². The highest BCUT2D eigenvalue weighted by Gasteiger charge is 2.10. The number of aromatic amines is 1. The molecule has 2 N–H and O–H groups in total. The highest BCUT2D eigenvalue weighted by Crippen LogP contribution is 2.20. The first-order valence-electron chi connectivity index (χ1n) is 8.75. The summed E-state index contributed by atoms with van der Waals surface area (Å²) in [6.07, 6.45) is 7.12. The van der Waals surface area contributed by atoms with Gasteiger partial charge in [-0.3, -0.25) is 14.5 Å². The number of carbonyl (C=O) groups is 1. The number of aryl methyl sites for hydroxylation is 1. The first kappa shape index (κ1) is 17.7. The summed E-state index contributed by atoms with van der Waals surface area (Å²) in [7, 11) is 1.86. The molecule has 1 aromatic carbocycles. The van der Waals surface area contributed by atoms with Crippen molar-refractivity contribution in [3.8, 4) is 22.4 Å². The minimum atomic E-state index is -0.291. The van der Waals surface area contributed by atoms with Gasteiger partial charge in [0.15, 0.2) is 0 Å². The smallest absolute Gasteiger partial charge is 0.267 e. The van der Waals surface area contributed by atoms with Crippen LogP contribution in [-0.4, -0.2) is 25.7 Å². The number of halogens is 1. The Morgan fingerprint density at radius 1 is 1.11 bits per heavy atom. The highest BCUT2D eigenvalue weighted by atomic mass is 19.1. The Balaban J connectivity index is 1.38. The Hall–Kier alpha value is -3.74. The topological polar surface area (TPSA) is 75.6 Å². The number of nitrogens with zero attached hydrogens (tertiary/aromatic N) is 3. The molecule has 0 spiro atoms. The molecule has 0 fully saturated rings. The Kier molecular flexibility index (Phi) is 4.72. The van der Waals surface area contributed by atoms with Crippen LogP contribution in [-0.2, 0) is 13.6 Å². The maximum atomic E-state index is 13.0. The fourth-order valence-electron chi connectivity index (χ4n) is 2.87. The molecule has 0 unspecified atom stereocenters. The molecule has 6 nitrogen and oxygen atoms in total. The number of hydrogen-bond donors (Lipinski definition) is 2. The van der Waals surface area contributed by atoms with Gasteiger partial charge in [0.1, 0.15) is 11.5 Å². The van der Waals surface area contributed by atoms with Gasteiger partial charge in [-0.15, -0.1) is 0 Å². The molecular formula is C21H18FN5O. The lowest BCUT2D eigenvalue weighted by molar-refractivity contribution is 0.0946. The third-order valence-electron chi connectivity index (χ3n) is 4.38. The Labute approximate surface area is 161 Å². The van der Waals surface area contributed by atoms with E-state index in [4.69, 9.17) is 0 Å². The van der Waals surface area contributed by atoms with Crippen molar-refractivity contribution < 1.29 is 9.18 Å². The quantitative estimate of drug-likeness (QED) is 0.560. The average molecular weight is 375 g/mol. The van der Waals surface area contributed by atoms with Crippen molar-refractivity contribution in [2.45, 2.75) is 6.54 Å². The molecule has 7 heteroatoms. The maximum absolute atomic E-state index is 13.0. The lowest BCUT2D eigenvalue weighted by Crippen LogP contribution is -2.23. The van der Waals surface area contributed by atoms with Gasteiger partial charge in [0.2, 0.25) is 0 Å². The standard InChI is InChI=1S/C21H18FN5O/c1-27-13-17(12-26-27)19-7-2-14(9-23-19)10-25-21(28)20-8-16(11-24-20)15-3-5-18(22)6-4-15/h2-9,11-13,24H,10H2,1H3,(H,25,28). The summed E-state index contributed by atoms with van der Waals surface area (Å²) < 4.78 is 14.8. The second kappa shape index (κ2) is 7.48. The third-order valence-corrected chi connectivity index (χ3v) is 4.38. The average Bonchev–Trinajstić information content (AvgIpc) is 3.37. The minimum Gasteiger partial charge on any atom is -0.357 e. The summed E-state index contributed by atoms with van der Waals surface area (Å²) >= 11 is 0. The summed E-state index contributed by atoms with van der Waals surface area (Å²) in [6.45, 7) is 0.365. The van der Waals surface area contributed by atoms with Crippen LogP contribution in [0.3, 0.4) is 0 Å². The second-order valence-corrected chi connectivity index (χ2v) is 6.45. The van der Waals surface area contributed by atoms with E-state index in [1.165, 1.54) is 12.1 Å². The SMILES string of the molecule is Cn1cc(-c2ccc(CNC(=O)c3cc(-c4ccc(F)cc4)c[nH]3)cn2)cn1. The summed E-state index contributed by atoms with van der Waals surface area (Å²) in [5, 5.41) is 7.00. The van der Waals surface area contributed by atoms with E-state index in [2.05, 4.69) is 20.4 Å². The molecule has 3 heterocycles. The van der Waals surface area contributed by atoms with Crippen molar-refractivity contribution in [2.24, 2.45) is 7.05 Å². The van der Waals surface area contributed by atoms with Crippen LogP contribution in [0.2, 0.25) is 0 Å². The van der Waals surface area contributed by atoms with Crippen molar-refractivity contribution in [3.63, 3.8) is 0 Å². The van der Waals surface area contributed by atoms with Gasteiger partial charge >= 0.3 is 0 Å². The van der Waals surface area contributed by atoms with Crippen LogP contribution in [0.1, 0.15) is 16.1 Å². The first-order valence-corrected chi connectivity index (χ1v) is 8.75. The Morgan fingerprint density at radius 3 is 2.61 bits per heavy atom. The lowest BCUT2D eigenvalue weighted by Gasteiger charge is -2.04. The predicted molar refractivity (Wildman–Crippen MR) is 104 cm³/mol. The van der Waals surface area contributed by atoms with E-state index in [0.717, 1.165) is 27.9 Å². The highest BCUT2D eigenvalue weighted by molar-refractivity contribution is 5.93. The van der Waals surface area contributed by atoms with Crippen LogP contribution in [0.4, 0.5) is 4.39 Å². The molecule has 4 aromatic rings. The Bertz CT molecular complexity index is 1100. The zero-order valence-electron chi connectivity index (χ0n) is 15.2. The number of amides is 1. The lowest BCUT2D eigenvalue weighted by atomic mass is 10.1. The Morgan fingerprint density at radius 2 is 1.93 bits per heavy atom. The predicted octanol–water partition coefficient (Wildman–Crippen LogP) is 3.55. The van der Waals surface area contributed by atoms with Gasteiger partial charge in [0.05, 0.1) is 11.9 Å². The van der Waals surface area contributed by atoms with Crippen molar-refractivity contribution in [3.05, 3.63) is 84.3 Å². The molecule has 0 aliphatic heterocycles. The van der Waals surface area contributed by atoms with Crippen LogP contribution >= 0.6 is 0 Å². The molecule has 28 heavy (non-hydrogen) atoms. The molecule has 0 bridgehead atoms. The number of H-pyrrole nitrogens is 1. The molecule has 0 saturated carbocycles. The maximum Gasteiger partial charge on any atom is 0.267 e. The number of rotatable bonds is 5. The largest absolute Gasteiger partial charge is 0.357 e. The number of hydrogen-bond acceptors (Lipinski definition) is 3. The summed E-state index contributed by atoms with van der Waals surface area (Å²) in [5.41, 5.74) is 4.78. The van der Waals surface area contributed by atoms with E-state index < -0.39 is 0 Å². The van der Waals surface area contributed by atoms with E-state index in [9.17, 15) is 9.18 Å². The van der Waals surface area contributed by atoms with Crippen molar-refractivity contribution >= 4 is 5.91 Å². The third kappa shape index (κ3) is 3.83. The van der Waals surface area contributed by atoms with Crippen LogP contribution in [0, 0.1) is 5.82 Å². The molecule has 4 rings (SSSR count). The monoisotopic (exact) mass is 375 g/mol. The van der Waals surface area contributed by atoms with Gasteiger partial charge < -0.3 is 10.3 Å². The van der Waals surface area contributed by atoms with E-state index in [-0.39, 0.29) is 11.7 Å². The molecular weight excluding hydrogens is 357 g/mol. The van der Waals surface area contributed by atoms with E-state index in [0.29, 0.717) is 12.2 Å². The minimum absolute atomic E-state index is 0.218. The van der Waals surface area contributed by atoms with Crippen LogP contribution in [0.15, 0.2) is 67.3 Å². The van der Waals surface area contributed by atoms with Crippen LogP contribution in [0.5, 0.6) is 0 Å². The number of carbonyl (C=O) groups excluding carboxylic acids is 1. The molecule has 3 aromatic heterocycles. The fraction of sp³-hybridized carbons (Fsp3) is 0.0952. The zero-order chi connectivity index (χ0) is 19.5. The summed E-state index contributed by atoms with van der Waals surface area (Å²) in [4.78, 5) is 19.8. The number of benzene rings is 1. The molecule has 0 radical (unpaired) electrons. The van der Waals surface area contributed by atoms with E-state index in [1.54, 1.807) is 41.5 Å². The first-order chi connectivity index (χ1) is 13.6. The normalized spacial score (nSPS) is 10.8. The zero-order valence-corrected chi connectivity index (χ0v) is 15.2. The number of aromatic nitrogens is 4.